The van der Waals surface area contributed by atoms with Crippen molar-refractivity contribution >= 4 is 58.4 Å². The van der Waals surface area contributed by atoms with Crippen molar-refractivity contribution in [3.05, 3.63) is 213 Å². The topological polar surface area (TPSA) is 6.48 Å². The van der Waals surface area contributed by atoms with E-state index >= 15 is 0 Å². The molecule has 0 bridgehead atoms. The summed E-state index contributed by atoms with van der Waals surface area (Å²) < 4.78 is 0. The monoisotopic (exact) mass is 700 g/mol. The van der Waals surface area contributed by atoms with Crippen LogP contribution in [0.3, 0.4) is 0 Å². The van der Waals surface area contributed by atoms with Crippen molar-refractivity contribution in [2.45, 2.75) is 41.5 Å². The molecule has 0 saturated heterocycles. The first-order chi connectivity index (χ1) is 26.2. The second kappa shape index (κ2) is 16.1. The van der Waals surface area contributed by atoms with Gasteiger partial charge in [-0.3, -0.25) is 0 Å². The molecule has 0 aliphatic rings. The zero-order valence-electron chi connectivity index (χ0n) is 32.2. The van der Waals surface area contributed by atoms with Gasteiger partial charge >= 0.3 is 0 Å². The first-order valence-corrected chi connectivity index (χ1v) is 18.8. The molecule has 0 spiro atoms. The molecule has 0 aromatic heterocycles. The van der Waals surface area contributed by atoms with E-state index in [0.29, 0.717) is 0 Å². The highest BCUT2D eigenvalue weighted by Crippen LogP contribution is 2.40. The molecule has 0 heterocycles. The third-order valence-electron chi connectivity index (χ3n) is 10.1. The van der Waals surface area contributed by atoms with Crippen LogP contribution in [0.2, 0.25) is 0 Å². The molecule has 0 aliphatic carbocycles. The van der Waals surface area contributed by atoms with Crippen LogP contribution in [-0.4, -0.2) is 0 Å². The van der Waals surface area contributed by atoms with Gasteiger partial charge < -0.3 is 9.80 Å². The summed E-state index contributed by atoms with van der Waals surface area (Å²) in [5.41, 5.74) is 19.2. The Kier molecular flexibility index (Phi) is 10.7. The molecule has 0 amide bonds. The first-order valence-electron chi connectivity index (χ1n) is 18.8. The Labute approximate surface area is 322 Å². The molecule has 2 heteroatoms. The van der Waals surface area contributed by atoms with E-state index in [4.69, 9.17) is 0 Å². The van der Waals surface area contributed by atoms with E-state index < -0.39 is 0 Å². The number of aryl methyl sites for hydroxylation is 6. The molecule has 0 unspecified atom stereocenters. The molecule has 0 radical (unpaired) electrons. The lowest BCUT2D eigenvalue weighted by Crippen LogP contribution is -2.12. The molecule has 0 N–H and O–H groups in total. The van der Waals surface area contributed by atoms with Crippen LogP contribution >= 0.6 is 0 Å². The Bertz CT molecular complexity index is 2200. The number of hydrogen-bond acceptors (Lipinski definition) is 2. The van der Waals surface area contributed by atoms with Crippen LogP contribution in [0.4, 0.5) is 34.1 Å². The SMILES string of the molecule is Cc1ccc(N(c2ccc(C=Cc3ccccc3C=Cc3ccc(N(c4ccc(C)cc4)c4c(C)cccc4C)cc3)cc2)c2c(C)cccc2C)cc1. The predicted octanol–water partition coefficient (Wildman–Crippen LogP) is 14.8. The van der Waals surface area contributed by atoms with Gasteiger partial charge in [-0.1, -0.05) is 145 Å². The lowest BCUT2D eigenvalue weighted by Gasteiger charge is -2.29. The molecule has 0 fully saturated rings. The highest BCUT2D eigenvalue weighted by atomic mass is 15.2. The van der Waals surface area contributed by atoms with Gasteiger partial charge in [0.25, 0.3) is 0 Å². The van der Waals surface area contributed by atoms with E-state index in [0.717, 1.165) is 33.9 Å². The molecular weight excluding hydrogens is 653 g/mol. The number of anilines is 6. The standard InChI is InChI=1S/C52H48N2/c1-37-17-29-47(30-18-37)53(51-39(3)11-9-12-40(51)4)49-33-23-43(24-34-49)21-27-45-15-7-8-16-46(45)28-22-44-25-35-50(36-26-44)54(48-31-19-38(2)20-32-48)52-41(5)13-10-14-42(52)6/h7-36H,1-6H3. The second-order valence-electron chi connectivity index (χ2n) is 14.3. The highest BCUT2D eigenvalue weighted by molar-refractivity contribution is 5.84. The molecule has 0 atom stereocenters. The largest absolute Gasteiger partial charge is 0.310 e. The molecule has 266 valence electrons. The average molecular weight is 701 g/mol. The van der Waals surface area contributed by atoms with Gasteiger partial charge in [0.2, 0.25) is 0 Å². The van der Waals surface area contributed by atoms with Gasteiger partial charge in [-0.2, -0.15) is 0 Å². The normalized spacial score (nSPS) is 11.4. The molecule has 0 aliphatic heterocycles. The van der Waals surface area contributed by atoms with Crippen molar-refractivity contribution in [2.75, 3.05) is 9.80 Å². The van der Waals surface area contributed by atoms with Crippen LogP contribution in [0.5, 0.6) is 0 Å². The summed E-state index contributed by atoms with van der Waals surface area (Å²) in [6.07, 6.45) is 8.83. The van der Waals surface area contributed by atoms with Crippen LogP contribution in [0, 0.1) is 41.5 Å². The fourth-order valence-electron chi connectivity index (χ4n) is 7.17. The van der Waals surface area contributed by atoms with Gasteiger partial charge in [0.05, 0.1) is 11.4 Å². The maximum atomic E-state index is 2.37. The van der Waals surface area contributed by atoms with E-state index in [1.807, 2.05) is 0 Å². The molecule has 7 aromatic rings. The van der Waals surface area contributed by atoms with Gasteiger partial charge in [-0.25, -0.2) is 0 Å². The van der Waals surface area contributed by atoms with Crippen molar-refractivity contribution in [3.63, 3.8) is 0 Å². The average Bonchev–Trinajstić information content (AvgIpc) is 3.18. The summed E-state index contributed by atoms with van der Waals surface area (Å²) in [6.45, 7) is 13.0. The molecule has 7 rings (SSSR count). The minimum absolute atomic E-state index is 1.14. The van der Waals surface area contributed by atoms with Gasteiger partial charge in [0, 0.05) is 22.7 Å². The fourth-order valence-corrected chi connectivity index (χ4v) is 7.17. The Morgan fingerprint density at radius 1 is 0.296 bits per heavy atom. The number of rotatable bonds is 10. The maximum Gasteiger partial charge on any atom is 0.0519 e. The van der Waals surface area contributed by atoms with Crippen molar-refractivity contribution in [3.8, 4) is 0 Å². The fraction of sp³-hybridized carbons (Fsp3) is 0.115. The maximum absolute atomic E-state index is 2.37. The number of nitrogens with zero attached hydrogens (tertiary/aromatic N) is 2. The lowest BCUT2D eigenvalue weighted by molar-refractivity contribution is 1.21. The highest BCUT2D eigenvalue weighted by Gasteiger charge is 2.18. The van der Waals surface area contributed by atoms with Crippen LogP contribution < -0.4 is 9.80 Å². The Balaban J connectivity index is 1.12. The summed E-state index contributed by atoms with van der Waals surface area (Å²) in [5, 5.41) is 0. The third-order valence-corrected chi connectivity index (χ3v) is 10.1. The summed E-state index contributed by atoms with van der Waals surface area (Å²) in [5.74, 6) is 0. The quantitative estimate of drug-likeness (QED) is 0.131. The number of benzene rings is 7. The molecule has 7 aromatic carbocycles. The van der Waals surface area contributed by atoms with E-state index in [-0.39, 0.29) is 0 Å². The minimum atomic E-state index is 1.14. The van der Waals surface area contributed by atoms with Gasteiger partial charge in [0.1, 0.15) is 0 Å². The van der Waals surface area contributed by atoms with Crippen LogP contribution in [0.1, 0.15) is 55.6 Å². The van der Waals surface area contributed by atoms with Crippen molar-refractivity contribution < 1.29 is 0 Å². The molecule has 54 heavy (non-hydrogen) atoms. The van der Waals surface area contributed by atoms with Crippen LogP contribution in [0.25, 0.3) is 24.3 Å². The summed E-state index contributed by atoms with van der Waals surface area (Å²) in [6, 6.07) is 56.9. The third kappa shape index (κ3) is 7.99. The molecule has 2 nitrogen and oxygen atoms in total. The minimum Gasteiger partial charge on any atom is -0.310 e. The zero-order valence-corrected chi connectivity index (χ0v) is 32.2. The van der Waals surface area contributed by atoms with E-state index in [2.05, 4.69) is 233 Å². The van der Waals surface area contributed by atoms with E-state index in [1.165, 1.54) is 55.9 Å². The van der Waals surface area contributed by atoms with Gasteiger partial charge in [0.15, 0.2) is 0 Å². The first kappa shape index (κ1) is 36.0. The Hall–Kier alpha value is -6.38. The van der Waals surface area contributed by atoms with Crippen LogP contribution in [0.15, 0.2) is 158 Å². The van der Waals surface area contributed by atoms with Gasteiger partial charge in [-0.15, -0.1) is 0 Å². The smallest absolute Gasteiger partial charge is 0.0519 e. The van der Waals surface area contributed by atoms with Gasteiger partial charge in [-0.05, 0) is 135 Å². The summed E-state index contributed by atoms with van der Waals surface area (Å²) in [4.78, 5) is 4.74. The van der Waals surface area contributed by atoms with Crippen molar-refractivity contribution in [2.24, 2.45) is 0 Å². The number of para-hydroxylation sites is 2. The lowest BCUT2D eigenvalue weighted by atomic mass is 10.0. The zero-order chi connectivity index (χ0) is 37.6. The summed E-state index contributed by atoms with van der Waals surface area (Å²) >= 11 is 0. The van der Waals surface area contributed by atoms with E-state index in [1.54, 1.807) is 0 Å². The molecule has 0 saturated carbocycles. The predicted molar refractivity (Wildman–Crippen MR) is 235 cm³/mol. The van der Waals surface area contributed by atoms with Crippen molar-refractivity contribution in [1.82, 2.24) is 0 Å². The Morgan fingerprint density at radius 3 is 0.907 bits per heavy atom. The van der Waals surface area contributed by atoms with Crippen molar-refractivity contribution in [1.29, 1.82) is 0 Å². The Morgan fingerprint density at radius 2 is 0.593 bits per heavy atom. The van der Waals surface area contributed by atoms with E-state index in [9.17, 15) is 0 Å². The van der Waals surface area contributed by atoms with Crippen LogP contribution in [-0.2, 0) is 0 Å². The molecular formula is C52H48N2. The second-order valence-corrected chi connectivity index (χ2v) is 14.3. The number of hydrogen-bond donors (Lipinski definition) is 0. The summed E-state index contributed by atoms with van der Waals surface area (Å²) in [7, 11) is 0.